The summed E-state index contributed by atoms with van der Waals surface area (Å²) in [4.78, 5) is 0. The lowest BCUT2D eigenvalue weighted by atomic mass is 10.1. The maximum atomic E-state index is 7.22. The normalized spacial score (nSPS) is 10.4. The minimum absolute atomic E-state index is 0.366. The average molecular weight is 156 g/mol. The molecule has 2 aromatic carbocycles. The predicted molar refractivity (Wildman–Crippen MR) is 50.7 cm³/mol. The molecule has 1 radical (unpaired) electrons. The van der Waals surface area contributed by atoms with E-state index >= 15 is 0 Å². The number of benzene rings is 2. The third-order valence-corrected chi connectivity index (χ3v) is 2.02. The summed E-state index contributed by atoms with van der Waals surface area (Å²) in [5.74, 6) is 0. The third-order valence-electron chi connectivity index (χ3n) is 2.02. The number of nitrogens with one attached hydrogen (secondary N) is 1. The van der Waals surface area contributed by atoms with Crippen molar-refractivity contribution in [2.75, 3.05) is 0 Å². The highest BCUT2D eigenvalue weighted by molar-refractivity contribution is 5.82. The minimum atomic E-state index is 0.366. The van der Waals surface area contributed by atoms with E-state index in [-0.39, 0.29) is 0 Å². The smallest absolute Gasteiger partial charge is 0.0351 e. The van der Waals surface area contributed by atoms with Gasteiger partial charge in [0.05, 0.1) is 0 Å². The molecule has 0 fully saturated rings. The van der Waals surface area contributed by atoms with E-state index in [2.05, 4.69) is 24.3 Å². The van der Waals surface area contributed by atoms with Crippen LogP contribution in [0.1, 0.15) is 5.56 Å². The first-order valence-electron chi connectivity index (χ1n) is 4.02. The van der Waals surface area contributed by atoms with Crippen LogP contribution in [0.5, 0.6) is 0 Å². The fourth-order valence-electron chi connectivity index (χ4n) is 1.35. The predicted octanol–water partition coefficient (Wildman–Crippen LogP) is 2.62. The molecule has 0 aliphatic carbocycles. The van der Waals surface area contributed by atoms with Crippen molar-refractivity contribution < 1.29 is 0 Å². The largest absolute Gasteiger partial charge is 0.253 e. The van der Waals surface area contributed by atoms with Gasteiger partial charge in [0.2, 0.25) is 0 Å². The van der Waals surface area contributed by atoms with Crippen LogP contribution in [0.2, 0.25) is 0 Å². The fourth-order valence-corrected chi connectivity index (χ4v) is 1.35. The molecule has 0 heterocycles. The standard InChI is InChI=1S/C11H10N/c12-8-9-5-6-10-3-1-2-4-11(10)7-9/h1-7,12H,8H2. The van der Waals surface area contributed by atoms with E-state index in [1.807, 2.05) is 18.2 Å². The molecule has 0 aliphatic heterocycles. The molecule has 0 spiro atoms. The van der Waals surface area contributed by atoms with Crippen LogP contribution >= 0.6 is 0 Å². The Morgan fingerprint density at radius 2 is 1.67 bits per heavy atom. The topological polar surface area (TPSA) is 23.8 Å². The van der Waals surface area contributed by atoms with Gasteiger partial charge in [-0.15, -0.1) is 0 Å². The van der Waals surface area contributed by atoms with Gasteiger partial charge in [0.15, 0.2) is 0 Å². The number of hydrogen-bond acceptors (Lipinski definition) is 0. The SMILES string of the molecule is [NH]Cc1ccc2ccccc2c1. The van der Waals surface area contributed by atoms with Crippen molar-refractivity contribution in [2.24, 2.45) is 0 Å². The Balaban J connectivity index is 2.67. The van der Waals surface area contributed by atoms with Crippen molar-refractivity contribution >= 4 is 10.8 Å². The van der Waals surface area contributed by atoms with Crippen LogP contribution < -0.4 is 5.73 Å². The molecule has 12 heavy (non-hydrogen) atoms. The maximum Gasteiger partial charge on any atom is 0.0351 e. The fraction of sp³-hybridized carbons (Fsp3) is 0.0909. The van der Waals surface area contributed by atoms with Crippen LogP contribution in [-0.2, 0) is 6.54 Å². The summed E-state index contributed by atoms with van der Waals surface area (Å²) in [5, 5.41) is 2.47. The van der Waals surface area contributed by atoms with E-state index < -0.39 is 0 Å². The number of fused-ring (bicyclic) bond motifs is 1. The van der Waals surface area contributed by atoms with E-state index in [1.165, 1.54) is 10.8 Å². The van der Waals surface area contributed by atoms with Crippen LogP contribution in [0.4, 0.5) is 0 Å². The van der Waals surface area contributed by atoms with Gasteiger partial charge in [-0.3, -0.25) is 5.73 Å². The second-order valence-electron chi connectivity index (χ2n) is 2.86. The average Bonchev–Trinajstić information content (AvgIpc) is 2.17. The van der Waals surface area contributed by atoms with E-state index in [9.17, 15) is 0 Å². The molecule has 2 aromatic rings. The van der Waals surface area contributed by atoms with Crippen molar-refractivity contribution in [1.29, 1.82) is 0 Å². The molecule has 59 valence electrons. The van der Waals surface area contributed by atoms with E-state index in [1.54, 1.807) is 0 Å². The lowest BCUT2D eigenvalue weighted by molar-refractivity contribution is 1.03. The van der Waals surface area contributed by atoms with Crippen molar-refractivity contribution in [3.63, 3.8) is 0 Å². The maximum absolute atomic E-state index is 7.22. The van der Waals surface area contributed by atoms with Crippen LogP contribution in [0.3, 0.4) is 0 Å². The van der Waals surface area contributed by atoms with Crippen molar-refractivity contribution in [3.05, 3.63) is 48.0 Å². The lowest BCUT2D eigenvalue weighted by Crippen LogP contribution is -1.83. The summed E-state index contributed by atoms with van der Waals surface area (Å²) >= 11 is 0. The van der Waals surface area contributed by atoms with Crippen LogP contribution in [0.15, 0.2) is 42.5 Å². The highest BCUT2D eigenvalue weighted by Gasteiger charge is 1.92. The van der Waals surface area contributed by atoms with Crippen LogP contribution in [-0.4, -0.2) is 0 Å². The summed E-state index contributed by atoms with van der Waals surface area (Å²) in [5.41, 5.74) is 8.30. The number of rotatable bonds is 1. The Kier molecular flexibility index (Phi) is 1.80. The van der Waals surface area contributed by atoms with Gasteiger partial charge in [-0.1, -0.05) is 36.4 Å². The molecule has 0 atom stereocenters. The van der Waals surface area contributed by atoms with Crippen molar-refractivity contribution in [2.45, 2.75) is 6.54 Å². The molecule has 2 rings (SSSR count). The van der Waals surface area contributed by atoms with Gasteiger partial charge in [0.25, 0.3) is 0 Å². The highest BCUT2D eigenvalue weighted by Crippen LogP contribution is 2.14. The summed E-state index contributed by atoms with van der Waals surface area (Å²) in [7, 11) is 0. The quantitative estimate of drug-likeness (QED) is 0.606. The third kappa shape index (κ3) is 1.19. The van der Waals surface area contributed by atoms with Gasteiger partial charge in [0.1, 0.15) is 0 Å². The number of hydrogen-bond donors (Lipinski definition) is 0. The molecule has 0 bridgehead atoms. The first-order chi connectivity index (χ1) is 5.90. The molecule has 1 heteroatoms. The molecular weight excluding hydrogens is 146 g/mol. The minimum Gasteiger partial charge on any atom is -0.253 e. The first kappa shape index (κ1) is 7.32. The molecule has 0 aliphatic rings. The van der Waals surface area contributed by atoms with Gasteiger partial charge < -0.3 is 0 Å². The van der Waals surface area contributed by atoms with Gasteiger partial charge in [-0.25, -0.2) is 0 Å². The molecule has 0 amide bonds. The lowest BCUT2D eigenvalue weighted by Gasteiger charge is -1.99. The molecular formula is C11H10N. The van der Waals surface area contributed by atoms with Gasteiger partial charge in [-0.2, -0.15) is 0 Å². The molecule has 0 unspecified atom stereocenters. The Bertz CT molecular complexity index is 393. The Morgan fingerprint density at radius 3 is 2.42 bits per heavy atom. The molecule has 1 N–H and O–H groups in total. The highest BCUT2D eigenvalue weighted by atomic mass is 14.5. The van der Waals surface area contributed by atoms with Crippen molar-refractivity contribution in [3.8, 4) is 0 Å². The second kappa shape index (κ2) is 2.95. The van der Waals surface area contributed by atoms with E-state index in [0.29, 0.717) is 6.54 Å². The molecule has 0 saturated carbocycles. The van der Waals surface area contributed by atoms with Gasteiger partial charge >= 0.3 is 0 Å². The Hall–Kier alpha value is -1.34. The first-order valence-corrected chi connectivity index (χ1v) is 4.02. The van der Waals surface area contributed by atoms with E-state index in [4.69, 9.17) is 5.73 Å². The summed E-state index contributed by atoms with van der Waals surface area (Å²) < 4.78 is 0. The van der Waals surface area contributed by atoms with Gasteiger partial charge in [-0.05, 0) is 22.4 Å². The van der Waals surface area contributed by atoms with E-state index in [0.717, 1.165) is 5.56 Å². The second-order valence-corrected chi connectivity index (χ2v) is 2.86. The Labute approximate surface area is 71.8 Å². The molecule has 1 nitrogen and oxygen atoms in total. The van der Waals surface area contributed by atoms with Gasteiger partial charge in [0, 0.05) is 6.54 Å². The Morgan fingerprint density at radius 1 is 0.917 bits per heavy atom. The zero-order valence-electron chi connectivity index (χ0n) is 6.75. The van der Waals surface area contributed by atoms with Crippen LogP contribution in [0.25, 0.3) is 10.8 Å². The zero-order chi connectivity index (χ0) is 8.39. The monoisotopic (exact) mass is 156 g/mol. The van der Waals surface area contributed by atoms with Crippen LogP contribution in [0, 0.1) is 0 Å². The summed E-state index contributed by atoms with van der Waals surface area (Å²) in [6.45, 7) is 0.366. The molecule has 0 saturated heterocycles. The zero-order valence-corrected chi connectivity index (χ0v) is 6.75. The summed E-state index contributed by atoms with van der Waals surface area (Å²) in [6, 6.07) is 14.4. The van der Waals surface area contributed by atoms with Crippen molar-refractivity contribution in [1.82, 2.24) is 5.73 Å². The summed E-state index contributed by atoms with van der Waals surface area (Å²) in [6.07, 6.45) is 0. The molecule has 0 aromatic heterocycles.